The minimum atomic E-state index is -0.626. The van der Waals surface area contributed by atoms with E-state index < -0.39 is 11.8 Å². The Morgan fingerprint density at radius 3 is 2.70 bits per heavy atom. The molecule has 0 bridgehead atoms. The highest BCUT2D eigenvalue weighted by molar-refractivity contribution is 5.96. The van der Waals surface area contributed by atoms with Crippen molar-refractivity contribution in [3.8, 4) is 17.0 Å². The highest BCUT2D eigenvalue weighted by atomic mass is 19.1. The molecule has 4 aromatic rings. The zero-order chi connectivity index (χ0) is 21.1. The molecule has 9 heteroatoms. The van der Waals surface area contributed by atoms with Crippen LogP contribution in [0.25, 0.3) is 17.0 Å². The molecule has 2 heterocycles. The first kappa shape index (κ1) is 19.3. The van der Waals surface area contributed by atoms with Crippen molar-refractivity contribution in [1.29, 1.82) is 0 Å². The Balaban J connectivity index is 1.77. The normalized spacial score (nSPS) is 10.9. The van der Waals surface area contributed by atoms with Crippen molar-refractivity contribution in [1.82, 2.24) is 19.6 Å². The van der Waals surface area contributed by atoms with Gasteiger partial charge in [0.1, 0.15) is 17.1 Å². The van der Waals surface area contributed by atoms with E-state index in [1.54, 1.807) is 49.4 Å². The highest BCUT2D eigenvalue weighted by Crippen LogP contribution is 2.27. The van der Waals surface area contributed by atoms with Crippen molar-refractivity contribution in [3.63, 3.8) is 0 Å². The number of fused-ring (bicyclic) bond motifs is 1. The standard InChI is InChI=1S/C21H18FN5O3/c1-2-30-19(29)16-12-24-21-25-20(23-11-13-7-9-14(28)10-8-13)26-27(21)18(16)15-5-3-4-6-17(15)22/h3-10,12,28H,2,11H2,1H3,(H,23,26). The molecule has 30 heavy (non-hydrogen) atoms. The average molecular weight is 407 g/mol. The van der Waals surface area contributed by atoms with Crippen molar-refractivity contribution in [3.05, 3.63) is 71.7 Å². The van der Waals surface area contributed by atoms with Gasteiger partial charge in [0.25, 0.3) is 5.78 Å². The lowest BCUT2D eigenvalue weighted by atomic mass is 10.1. The first-order chi connectivity index (χ1) is 14.6. The largest absolute Gasteiger partial charge is 0.508 e. The summed E-state index contributed by atoms with van der Waals surface area (Å²) in [7, 11) is 0. The fourth-order valence-electron chi connectivity index (χ4n) is 2.98. The number of ether oxygens (including phenoxy) is 1. The van der Waals surface area contributed by atoms with Gasteiger partial charge in [-0.15, -0.1) is 5.10 Å². The molecule has 2 aromatic heterocycles. The van der Waals surface area contributed by atoms with Crippen LogP contribution in [0.5, 0.6) is 5.75 Å². The third-order valence-corrected chi connectivity index (χ3v) is 4.38. The molecule has 2 N–H and O–H groups in total. The number of carbonyl (C=O) groups excluding carboxylic acids is 1. The number of halogens is 1. The number of benzene rings is 2. The van der Waals surface area contributed by atoms with Crippen LogP contribution in [0, 0.1) is 5.82 Å². The zero-order valence-electron chi connectivity index (χ0n) is 16.0. The number of phenols is 1. The molecule has 0 spiro atoms. The van der Waals surface area contributed by atoms with E-state index in [2.05, 4.69) is 20.4 Å². The summed E-state index contributed by atoms with van der Waals surface area (Å²) in [6.07, 6.45) is 1.31. The van der Waals surface area contributed by atoms with Crippen LogP contribution >= 0.6 is 0 Å². The Morgan fingerprint density at radius 1 is 1.20 bits per heavy atom. The lowest BCUT2D eigenvalue weighted by Crippen LogP contribution is -2.11. The number of anilines is 1. The SMILES string of the molecule is CCOC(=O)c1cnc2nc(NCc3ccc(O)cc3)nn2c1-c1ccccc1F. The van der Waals surface area contributed by atoms with E-state index in [9.17, 15) is 14.3 Å². The molecular formula is C21H18FN5O3. The summed E-state index contributed by atoms with van der Waals surface area (Å²) in [6.45, 7) is 2.26. The van der Waals surface area contributed by atoms with Crippen molar-refractivity contribution in [2.24, 2.45) is 0 Å². The fourth-order valence-corrected chi connectivity index (χ4v) is 2.98. The minimum absolute atomic E-state index is 0.0874. The molecule has 2 aromatic carbocycles. The van der Waals surface area contributed by atoms with Crippen LogP contribution in [0.2, 0.25) is 0 Å². The van der Waals surface area contributed by atoms with Gasteiger partial charge >= 0.3 is 5.97 Å². The number of rotatable bonds is 6. The highest BCUT2D eigenvalue weighted by Gasteiger charge is 2.22. The molecule has 0 saturated heterocycles. The molecule has 0 aliphatic heterocycles. The molecule has 0 aliphatic rings. The maximum atomic E-state index is 14.6. The third-order valence-electron chi connectivity index (χ3n) is 4.38. The van der Waals surface area contributed by atoms with Gasteiger partial charge in [-0.3, -0.25) is 0 Å². The van der Waals surface area contributed by atoms with E-state index in [1.807, 2.05) is 0 Å². The summed E-state index contributed by atoms with van der Waals surface area (Å²) in [6, 6.07) is 12.8. The van der Waals surface area contributed by atoms with Crippen LogP contribution in [-0.2, 0) is 11.3 Å². The second kappa shape index (κ2) is 8.16. The van der Waals surface area contributed by atoms with E-state index in [4.69, 9.17) is 4.74 Å². The Hall–Kier alpha value is -4.01. The maximum Gasteiger partial charge on any atom is 0.341 e. The molecule has 152 valence electrons. The monoisotopic (exact) mass is 407 g/mol. The Labute approximate surface area is 171 Å². The Bertz CT molecular complexity index is 1210. The van der Waals surface area contributed by atoms with Gasteiger partial charge in [-0.1, -0.05) is 24.3 Å². The second-order valence-corrected chi connectivity index (χ2v) is 6.39. The van der Waals surface area contributed by atoms with Crippen LogP contribution < -0.4 is 5.32 Å². The van der Waals surface area contributed by atoms with Crippen molar-refractivity contribution < 1.29 is 19.0 Å². The number of hydrogen-bond donors (Lipinski definition) is 2. The van der Waals surface area contributed by atoms with Gasteiger partial charge in [0.15, 0.2) is 0 Å². The quantitative estimate of drug-likeness (QED) is 0.472. The number of esters is 1. The van der Waals surface area contributed by atoms with E-state index in [0.717, 1.165) is 5.56 Å². The number of nitrogens with one attached hydrogen (secondary N) is 1. The number of phenolic OH excluding ortho intramolecular Hbond substituents is 1. The molecule has 0 unspecified atom stereocenters. The third kappa shape index (κ3) is 3.77. The molecule has 0 radical (unpaired) electrons. The van der Waals surface area contributed by atoms with Crippen LogP contribution in [0.4, 0.5) is 10.3 Å². The van der Waals surface area contributed by atoms with Gasteiger partial charge in [0.05, 0.1) is 12.3 Å². The second-order valence-electron chi connectivity index (χ2n) is 6.39. The summed E-state index contributed by atoms with van der Waals surface area (Å²) in [5.41, 5.74) is 1.38. The zero-order valence-corrected chi connectivity index (χ0v) is 16.0. The van der Waals surface area contributed by atoms with Crippen LogP contribution in [0.1, 0.15) is 22.8 Å². The Kier molecular flexibility index (Phi) is 5.25. The number of aromatic nitrogens is 4. The summed E-state index contributed by atoms with van der Waals surface area (Å²) in [5.74, 6) is -0.498. The van der Waals surface area contributed by atoms with Gasteiger partial charge in [-0.2, -0.15) is 9.50 Å². The predicted molar refractivity (Wildman–Crippen MR) is 108 cm³/mol. The number of hydrogen-bond acceptors (Lipinski definition) is 7. The predicted octanol–water partition coefficient (Wildman–Crippen LogP) is 3.42. The summed E-state index contributed by atoms with van der Waals surface area (Å²) < 4.78 is 21.0. The summed E-state index contributed by atoms with van der Waals surface area (Å²) in [5, 5.41) is 16.8. The van der Waals surface area contributed by atoms with Gasteiger partial charge in [-0.05, 0) is 36.8 Å². The minimum Gasteiger partial charge on any atom is -0.508 e. The van der Waals surface area contributed by atoms with Crippen molar-refractivity contribution in [2.75, 3.05) is 11.9 Å². The first-order valence-electron chi connectivity index (χ1n) is 9.26. The first-order valence-corrected chi connectivity index (χ1v) is 9.26. The maximum absolute atomic E-state index is 14.6. The average Bonchev–Trinajstić information content (AvgIpc) is 3.16. The molecule has 8 nitrogen and oxygen atoms in total. The van der Waals surface area contributed by atoms with E-state index in [0.29, 0.717) is 6.54 Å². The van der Waals surface area contributed by atoms with Crippen molar-refractivity contribution >= 4 is 17.7 Å². The number of aromatic hydroxyl groups is 1. The topological polar surface area (TPSA) is 102 Å². The lowest BCUT2D eigenvalue weighted by Gasteiger charge is -2.10. The summed E-state index contributed by atoms with van der Waals surface area (Å²) in [4.78, 5) is 21.0. The molecule has 0 saturated carbocycles. The molecule has 4 rings (SSSR count). The van der Waals surface area contributed by atoms with Crippen molar-refractivity contribution in [2.45, 2.75) is 13.5 Å². The fraction of sp³-hybridized carbons (Fsp3) is 0.143. The van der Waals surface area contributed by atoms with Crippen LogP contribution in [0.3, 0.4) is 0 Å². The molecule has 0 aliphatic carbocycles. The molecule has 0 atom stereocenters. The van der Waals surface area contributed by atoms with Crippen LogP contribution in [-0.4, -0.2) is 37.3 Å². The lowest BCUT2D eigenvalue weighted by molar-refractivity contribution is 0.0526. The number of carbonyl (C=O) groups is 1. The molecular weight excluding hydrogens is 389 g/mol. The van der Waals surface area contributed by atoms with E-state index in [1.165, 1.54) is 16.8 Å². The number of nitrogens with zero attached hydrogens (tertiary/aromatic N) is 4. The van der Waals surface area contributed by atoms with E-state index >= 15 is 0 Å². The van der Waals surface area contributed by atoms with Crippen LogP contribution in [0.15, 0.2) is 54.7 Å². The molecule has 0 amide bonds. The summed E-state index contributed by atoms with van der Waals surface area (Å²) >= 11 is 0. The van der Waals surface area contributed by atoms with Gasteiger partial charge in [0.2, 0.25) is 5.95 Å². The van der Waals surface area contributed by atoms with E-state index in [-0.39, 0.29) is 40.9 Å². The Morgan fingerprint density at radius 2 is 1.97 bits per heavy atom. The van der Waals surface area contributed by atoms with Gasteiger partial charge in [-0.25, -0.2) is 14.2 Å². The van der Waals surface area contributed by atoms with Gasteiger partial charge < -0.3 is 15.2 Å². The van der Waals surface area contributed by atoms with Gasteiger partial charge in [0, 0.05) is 18.3 Å². The smallest absolute Gasteiger partial charge is 0.341 e. The molecule has 0 fully saturated rings.